The molecule has 1 aliphatic rings. The fourth-order valence-electron chi connectivity index (χ4n) is 5.97. The lowest BCUT2D eigenvalue weighted by Crippen LogP contribution is -2.26. The Bertz CT molecular complexity index is 2180. The summed E-state index contributed by atoms with van der Waals surface area (Å²) < 4.78 is 19.7. The number of anilines is 2. The lowest BCUT2D eigenvalue weighted by Gasteiger charge is -2.25. The van der Waals surface area contributed by atoms with Crippen LogP contribution in [-0.2, 0) is 26.6 Å². The number of halogens is 1. The summed E-state index contributed by atoms with van der Waals surface area (Å²) in [6.07, 6.45) is 5.71. The largest absolute Gasteiger partial charge is 0.392 e. The van der Waals surface area contributed by atoms with Crippen molar-refractivity contribution in [2.75, 3.05) is 18.9 Å². The molecule has 9 nitrogen and oxygen atoms in total. The van der Waals surface area contributed by atoms with E-state index in [1.54, 1.807) is 29.9 Å². The molecule has 0 saturated heterocycles. The molecule has 43 heavy (non-hydrogen) atoms. The monoisotopic (exact) mass is 576 g/mol. The molecule has 0 fully saturated rings. The molecule has 0 saturated carbocycles. The van der Waals surface area contributed by atoms with Gasteiger partial charge in [-0.05, 0) is 61.0 Å². The average molecular weight is 577 g/mol. The molecule has 6 aromatic rings. The van der Waals surface area contributed by atoms with E-state index in [1.807, 2.05) is 42.5 Å². The van der Waals surface area contributed by atoms with Crippen LogP contribution in [0.1, 0.15) is 16.7 Å². The highest BCUT2D eigenvalue weighted by Gasteiger charge is 2.20. The maximum absolute atomic E-state index is 15.2. The summed E-state index contributed by atoms with van der Waals surface area (Å²) in [6.45, 7) is 1.33. The van der Waals surface area contributed by atoms with Crippen molar-refractivity contribution in [1.82, 2.24) is 23.4 Å². The van der Waals surface area contributed by atoms with E-state index < -0.39 is 12.4 Å². The Morgan fingerprint density at radius 1 is 0.953 bits per heavy atom. The number of nitrogens with one attached hydrogen (secondary N) is 1. The van der Waals surface area contributed by atoms with E-state index in [9.17, 15) is 14.7 Å². The minimum absolute atomic E-state index is 0.0704. The Morgan fingerprint density at radius 3 is 2.63 bits per heavy atom. The van der Waals surface area contributed by atoms with Crippen molar-refractivity contribution in [3.8, 4) is 16.9 Å². The molecule has 0 atom stereocenters. The van der Waals surface area contributed by atoms with E-state index in [-0.39, 0.29) is 33.9 Å². The van der Waals surface area contributed by atoms with Gasteiger partial charge in [0.25, 0.3) is 11.1 Å². The highest BCUT2D eigenvalue weighted by molar-refractivity contribution is 5.87. The molecule has 2 N–H and O–H groups in total. The number of likely N-dealkylation sites (N-methyl/N-ethyl adjacent to an activating group) is 1. The van der Waals surface area contributed by atoms with Crippen LogP contribution in [-0.4, -0.2) is 42.1 Å². The first-order valence-electron chi connectivity index (χ1n) is 14.0. The van der Waals surface area contributed by atoms with Crippen molar-refractivity contribution in [1.29, 1.82) is 0 Å². The first-order chi connectivity index (χ1) is 20.8. The van der Waals surface area contributed by atoms with Crippen molar-refractivity contribution >= 4 is 27.9 Å². The molecule has 216 valence electrons. The Balaban J connectivity index is 1.34. The lowest BCUT2D eigenvalue weighted by atomic mass is 9.99. The molecule has 0 bridgehead atoms. The number of aromatic nitrogens is 4. The summed E-state index contributed by atoms with van der Waals surface area (Å²) in [4.78, 5) is 33.6. The van der Waals surface area contributed by atoms with Gasteiger partial charge in [0, 0.05) is 60.9 Å². The van der Waals surface area contributed by atoms with Crippen LogP contribution in [0.5, 0.6) is 0 Å². The van der Waals surface area contributed by atoms with Gasteiger partial charge in [-0.2, -0.15) is 0 Å². The van der Waals surface area contributed by atoms with Crippen molar-refractivity contribution in [3.05, 3.63) is 122 Å². The number of hydrogen-bond acceptors (Lipinski definition) is 6. The molecule has 10 heteroatoms. The van der Waals surface area contributed by atoms with E-state index in [2.05, 4.69) is 22.2 Å². The quantitative estimate of drug-likeness (QED) is 0.317. The minimum Gasteiger partial charge on any atom is -0.392 e. The zero-order valence-corrected chi connectivity index (χ0v) is 23.7. The molecule has 1 aliphatic heterocycles. The molecule has 3 aromatic heterocycles. The summed E-state index contributed by atoms with van der Waals surface area (Å²) >= 11 is 0. The molecule has 7 rings (SSSR count). The summed E-state index contributed by atoms with van der Waals surface area (Å²) in [7, 11) is 3.68. The Labute approximate surface area is 245 Å². The van der Waals surface area contributed by atoms with Crippen LogP contribution in [0.25, 0.3) is 33.4 Å². The molecule has 0 aliphatic carbocycles. The molecule has 3 aromatic carbocycles. The Hall–Kier alpha value is -5.06. The van der Waals surface area contributed by atoms with Gasteiger partial charge in [0.2, 0.25) is 0 Å². The van der Waals surface area contributed by atoms with Crippen LogP contribution in [0.2, 0.25) is 0 Å². The van der Waals surface area contributed by atoms with Crippen LogP contribution in [0.4, 0.5) is 15.9 Å². The van der Waals surface area contributed by atoms with Gasteiger partial charge in [0.05, 0.1) is 23.5 Å². The summed E-state index contributed by atoms with van der Waals surface area (Å²) in [6, 6.07) is 17.9. The van der Waals surface area contributed by atoms with E-state index in [0.717, 1.165) is 36.1 Å². The third kappa shape index (κ3) is 4.61. The molecule has 4 heterocycles. The topological polar surface area (TPSA) is 96.8 Å². The number of hydrogen-bond donors (Lipinski definition) is 2. The fraction of sp³-hybridized carbons (Fsp3) is 0.182. The Morgan fingerprint density at radius 2 is 1.79 bits per heavy atom. The summed E-state index contributed by atoms with van der Waals surface area (Å²) in [5.41, 5.74) is 4.82. The fourth-order valence-corrected chi connectivity index (χ4v) is 5.97. The maximum Gasteiger partial charge on any atom is 0.293 e. The predicted octanol–water partition coefficient (Wildman–Crippen LogP) is 4.37. The second-order valence-corrected chi connectivity index (χ2v) is 11.0. The van der Waals surface area contributed by atoms with Gasteiger partial charge in [0.15, 0.2) is 5.82 Å². The highest BCUT2D eigenvalue weighted by atomic mass is 19.1. The smallest absolute Gasteiger partial charge is 0.293 e. The van der Waals surface area contributed by atoms with Crippen LogP contribution >= 0.6 is 0 Å². The second kappa shape index (κ2) is 10.3. The lowest BCUT2D eigenvalue weighted by molar-refractivity contribution is 0.282. The number of aliphatic hydroxyl groups excluding tert-OH is 1. The van der Waals surface area contributed by atoms with E-state index in [0.29, 0.717) is 11.1 Å². The maximum atomic E-state index is 15.2. The molecule has 0 amide bonds. The standard InChI is InChI=1S/C33H29FN6O3/c1-37-10-9-20-13-24(8-7-22(20)17-37)35-31-33(43)38(2)18-27(36-31)25-15-23(34)16-29(26(25)19-41)40-12-11-39-28-6-4-3-5-21(28)14-30(39)32(40)42/h3-8,11-16,18,41H,9-10,17,19H2,1-2H3,(H,35,36). The summed E-state index contributed by atoms with van der Waals surface area (Å²) in [5, 5.41) is 14.6. The van der Waals surface area contributed by atoms with Gasteiger partial charge in [-0.1, -0.05) is 24.3 Å². The van der Waals surface area contributed by atoms with Crippen molar-refractivity contribution in [2.24, 2.45) is 7.05 Å². The van der Waals surface area contributed by atoms with Crippen molar-refractivity contribution < 1.29 is 9.50 Å². The van der Waals surface area contributed by atoms with Gasteiger partial charge in [-0.15, -0.1) is 0 Å². The molecule has 0 spiro atoms. The van der Waals surface area contributed by atoms with Gasteiger partial charge in [0.1, 0.15) is 11.3 Å². The number of rotatable bonds is 5. The van der Waals surface area contributed by atoms with Crippen molar-refractivity contribution in [2.45, 2.75) is 19.6 Å². The first kappa shape index (κ1) is 26.8. The van der Waals surface area contributed by atoms with Gasteiger partial charge >= 0.3 is 0 Å². The zero-order chi connectivity index (χ0) is 29.8. The number of aliphatic hydroxyl groups is 1. The van der Waals surface area contributed by atoms with E-state index in [4.69, 9.17) is 0 Å². The van der Waals surface area contributed by atoms with E-state index in [1.165, 1.54) is 38.6 Å². The van der Waals surface area contributed by atoms with Crippen LogP contribution in [0, 0.1) is 5.82 Å². The number of aryl methyl sites for hydroxylation is 1. The number of para-hydroxylation sites is 1. The minimum atomic E-state index is -0.612. The van der Waals surface area contributed by atoms with E-state index >= 15 is 4.39 Å². The first-order valence-corrected chi connectivity index (χ1v) is 14.0. The van der Waals surface area contributed by atoms with Gasteiger partial charge in [-0.3, -0.25) is 14.2 Å². The van der Waals surface area contributed by atoms with Crippen LogP contribution < -0.4 is 16.4 Å². The van der Waals surface area contributed by atoms with Crippen LogP contribution in [0.15, 0.2) is 88.8 Å². The SMILES string of the molecule is CN1CCc2cc(Nc3nc(-c4cc(F)cc(-n5ccn6c(cc7ccccc76)c5=O)c4CO)cn(C)c3=O)ccc2C1. The Kier molecular flexibility index (Phi) is 6.45. The zero-order valence-electron chi connectivity index (χ0n) is 23.7. The van der Waals surface area contributed by atoms with Gasteiger partial charge in [-0.25, -0.2) is 9.37 Å². The number of fused-ring (bicyclic) bond motifs is 4. The summed E-state index contributed by atoms with van der Waals surface area (Å²) in [5.74, 6) is -0.541. The normalized spacial score (nSPS) is 13.5. The van der Waals surface area contributed by atoms with Crippen LogP contribution in [0.3, 0.4) is 0 Å². The van der Waals surface area contributed by atoms with Crippen molar-refractivity contribution in [3.63, 3.8) is 0 Å². The third-order valence-corrected chi connectivity index (χ3v) is 8.18. The predicted molar refractivity (Wildman–Crippen MR) is 165 cm³/mol. The number of nitrogens with zero attached hydrogens (tertiary/aromatic N) is 5. The van der Waals surface area contributed by atoms with Gasteiger partial charge < -0.3 is 24.3 Å². The molecular weight excluding hydrogens is 547 g/mol. The highest BCUT2D eigenvalue weighted by Crippen LogP contribution is 2.30. The number of benzene rings is 3. The second-order valence-electron chi connectivity index (χ2n) is 11.0. The molecule has 0 unspecified atom stereocenters. The molecule has 0 radical (unpaired) electrons. The average Bonchev–Trinajstić information content (AvgIpc) is 3.39. The molecular formula is C33H29FN6O3. The third-order valence-electron chi connectivity index (χ3n) is 8.18.